The first kappa shape index (κ1) is 16.7. The molecule has 0 radical (unpaired) electrons. The van der Waals surface area contributed by atoms with E-state index in [1.807, 2.05) is 0 Å². The van der Waals surface area contributed by atoms with Gasteiger partial charge in [-0.2, -0.15) is 4.72 Å². The fourth-order valence-corrected chi connectivity index (χ4v) is 3.12. The molecule has 0 fully saturated rings. The molecule has 6 nitrogen and oxygen atoms in total. The first-order chi connectivity index (χ1) is 9.06. The quantitative estimate of drug-likeness (QED) is 0.809. The Balaban J connectivity index is 3.09. The molecule has 20 heavy (non-hydrogen) atoms. The second kappa shape index (κ2) is 5.99. The molecular weight excluding hydrogens is 302 g/mol. The van der Waals surface area contributed by atoms with E-state index in [-0.39, 0.29) is 21.5 Å². The topological polar surface area (TPSA) is 92.5 Å². The number of nitrogen functional groups attached to an aromatic ring is 1. The molecule has 0 aromatic heterocycles. The molecule has 0 saturated carbocycles. The van der Waals surface area contributed by atoms with E-state index in [1.165, 1.54) is 24.0 Å². The number of amides is 1. The van der Waals surface area contributed by atoms with Crippen LogP contribution in [0.2, 0.25) is 5.02 Å². The van der Waals surface area contributed by atoms with E-state index in [0.29, 0.717) is 5.56 Å². The third-order valence-electron chi connectivity index (χ3n) is 2.81. The van der Waals surface area contributed by atoms with Crippen molar-refractivity contribution in [2.45, 2.75) is 24.8 Å². The predicted octanol–water partition coefficient (Wildman–Crippen LogP) is 0.986. The minimum absolute atomic E-state index is 0.0657. The molecule has 0 saturated heterocycles. The Labute approximate surface area is 123 Å². The number of carbonyl (C=O) groups excluding carboxylic acids is 1. The maximum atomic E-state index is 12.2. The summed E-state index contributed by atoms with van der Waals surface area (Å²) in [6.07, 6.45) is 0. The molecular formula is C12H18ClN3O3S. The third kappa shape index (κ3) is 3.62. The molecule has 0 heterocycles. The smallest absolute Gasteiger partial charge is 0.241 e. The van der Waals surface area contributed by atoms with Gasteiger partial charge in [-0.3, -0.25) is 4.79 Å². The molecule has 1 aromatic carbocycles. The SMILES string of the molecule is Cc1c(N)cc(S(=O)(=O)NC(C)C(=O)N(C)C)cc1Cl. The van der Waals surface area contributed by atoms with Crippen LogP contribution in [0.1, 0.15) is 12.5 Å². The second-order valence-corrected chi connectivity index (χ2v) is 6.82. The van der Waals surface area contributed by atoms with Crippen LogP contribution in [0, 0.1) is 6.92 Å². The molecule has 112 valence electrons. The van der Waals surface area contributed by atoms with Crippen molar-refractivity contribution in [3.63, 3.8) is 0 Å². The van der Waals surface area contributed by atoms with Gasteiger partial charge in [-0.25, -0.2) is 8.42 Å². The van der Waals surface area contributed by atoms with E-state index in [2.05, 4.69) is 4.72 Å². The molecule has 8 heteroatoms. The number of hydrogen-bond acceptors (Lipinski definition) is 4. The molecule has 1 aromatic rings. The largest absolute Gasteiger partial charge is 0.398 e. The number of anilines is 1. The van der Waals surface area contributed by atoms with Crippen LogP contribution >= 0.6 is 11.6 Å². The Bertz CT molecular complexity index is 606. The Hall–Kier alpha value is -1.31. The molecule has 3 N–H and O–H groups in total. The number of rotatable bonds is 4. The van der Waals surface area contributed by atoms with Gasteiger partial charge in [-0.15, -0.1) is 0 Å². The van der Waals surface area contributed by atoms with Gasteiger partial charge in [0, 0.05) is 24.8 Å². The number of halogens is 1. The lowest BCUT2D eigenvalue weighted by atomic mass is 10.2. The van der Waals surface area contributed by atoms with E-state index in [0.717, 1.165) is 0 Å². The maximum Gasteiger partial charge on any atom is 0.241 e. The zero-order chi connectivity index (χ0) is 15.7. The summed E-state index contributed by atoms with van der Waals surface area (Å²) in [4.78, 5) is 12.9. The molecule has 0 aliphatic carbocycles. The highest BCUT2D eigenvalue weighted by molar-refractivity contribution is 7.89. The van der Waals surface area contributed by atoms with Crippen molar-refractivity contribution in [1.29, 1.82) is 0 Å². The van der Waals surface area contributed by atoms with E-state index < -0.39 is 16.1 Å². The van der Waals surface area contributed by atoms with Gasteiger partial charge in [0.1, 0.15) is 0 Å². The van der Waals surface area contributed by atoms with Crippen LogP contribution in [0.4, 0.5) is 5.69 Å². The van der Waals surface area contributed by atoms with Crippen LogP contribution in [0.15, 0.2) is 17.0 Å². The third-order valence-corrected chi connectivity index (χ3v) is 4.72. The molecule has 0 aliphatic heterocycles. The monoisotopic (exact) mass is 319 g/mol. The highest BCUT2D eigenvalue weighted by Gasteiger charge is 2.24. The summed E-state index contributed by atoms with van der Waals surface area (Å²) in [5.74, 6) is -0.347. The number of sulfonamides is 1. The van der Waals surface area contributed by atoms with Crippen molar-refractivity contribution >= 4 is 33.2 Å². The van der Waals surface area contributed by atoms with Gasteiger partial charge in [0.2, 0.25) is 15.9 Å². The van der Waals surface area contributed by atoms with E-state index in [1.54, 1.807) is 21.0 Å². The van der Waals surface area contributed by atoms with Gasteiger partial charge in [-0.1, -0.05) is 11.6 Å². The van der Waals surface area contributed by atoms with Gasteiger partial charge in [0.05, 0.1) is 10.9 Å². The summed E-state index contributed by atoms with van der Waals surface area (Å²) in [7, 11) is -0.763. The molecule has 1 atom stereocenters. The molecule has 0 bridgehead atoms. The Morgan fingerprint density at radius 2 is 1.95 bits per heavy atom. The number of nitrogens with two attached hydrogens (primary N) is 1. The zero-order valence-electron chi connectivity index (χ0n) is 11.8. The number of benzene rings is 1. The summed E-state index contributed by atoms with van der Waals surface area (Å²) in [5, 5.41) is 0.261. The average Bonchev–Trinajstić information content (AvgIpc) is 2.33. The average molecular weight is 320 g/mol. The van der Waals surface area contributed by atoms with Crippen LogP contribution in [0.25, 0.3) is 0 Å². The van der Waals surface area contributed by atoms with Gasteiger partial charge < -0.3 is 10.6 Å². The Morgan fingerprint density at radius 1 is 1.40 bits per heavy atom. The second-order valence-electron chi connectivity index (χ2n) is 4.69. The summed E-state index contributed by atoms with van der Waals surface area (Å²) >= 11 is 5.93. The fraction of sp³-hybridized carbons (Fsp3) is 0.417. The highest BCUT2D eigenvalue weighted by Crippen LogP contribution is 2.25. The molecule has 1 unspecified atom stereocenters. The van der Waals surface area contributed by atoms with Gasteiger partial charge in [0.25, 0.3) is 0 Å². The van der Waals surface area contributed by atoms with Crippen LogP contribution in [-0.4, -0.2) is 39.4 Å². The first-order valence-electron chi connectivity index (χ1n) is 5.85. The molecule has 1 amide bonds. The van der Waals surface area contributed by atoms with Crippen LogP contribution in [0.3, 0.4) is 0 Å². The van der Waals surface area contributed by atoms with Gasteiger partial charge >= 0.3 is 0 Å². The lowest BCUT2D eigenvalue weighted by Gasteiger charge is -2.18. The molecule has 0 aliphatic rings. The van der Waals surface area contributed by atoms with Crippen molar-refractivity contribution in [3.8, 4) is 0 Å². The van der Waals surface area contributed by atoms with Crippen molar-refractivity contribution in [2.75, 3.05) is 19.8 Å². The van der Waals surface area contributed by atoms with E-state index in [4.69, 9.17) is 17.3 Å². The van der Waals surface area contributed by atoms with Crippen molar-refractivity contribution in [2.24, 2.45) is 0 Å². The summed E-state index contributed by atoms with van der Waals surface area (Å²) in [6.45, 7) is 3.17. The number of nitrogens with one attached hydrogen (secondary N) is 1. The lowest BCUT2D eigenvalue weighted by molar-refractivity contribution is -0.130. The number of hydrogen-bond donors (Lipinski definition) is 2. The van der Waals surface area contributed by atoms with Gasteiger partial charge in [-0.05, 0) is 31.5 Å². The van der Waals surface area contributed by atoms with Crippen molar-refractivity contribution in [3.05, 3.63) is 22.7 Å². The number of likely N-dealkylation sites (N-methyl/N-ethyl adjacent to an activating group) is 1. The normalized spacial score (nSPS) is 13.1. The minimum Gasteiger partial charge on any atom is -0.398 e. The lowest BCUT2D eigenvalue weighted by Crippen LogP contribution is -2.44. The zero-order valence-corrected chi connectivity index (χ0v) is 13.3. The summed E-state index contributed by atoms with van der Waals surface area (Å²) in [5.41, 5.74) is 6.60. The fourth-order valence-electron chi connectivity index (χ4n) is 1.57. The van der Waals surface area contributed by atoms with Crippen LogP contribution in [0.5, 0.6) is 0 Å². The van der Waals surface area contributed by atoms with Crippen LogP contribution in [-0.2, 0) is 14.8 Å². The summed E-state index contributed by atoms with van der Waals surface area (Å²) in [6, 6.07) is 1.75. The molecule has 0 spiro atoms. The Morgan fingerprint density at radius 3 is 2.40 bits per heavy atom. The highest BCUT2D eigenvalue weighted by atomic mass is 35.5. The molecule has 1 rings (SSSR count). The predicted molar refractivity (Wildman–Crippen MR) is 79.1 cm³/mol. The standard InChI is InChI=1S/C12H18ClN3O3S/c1-7-10(13)5-9(6-11(7)14)20(18,19)15-8(2)12(17)16(3)4/h5-6,8,15H,14H2,1-4H3. The first-order valence-corrected chi connectivity index (χ1v) is 7.71. The summed E-state index contributed by atoms with van der Waals surface area (Å²) < 4.78 is 26.7. The van der Waals surface area contributed by atoms with E-state index in [9.17, 15) is 13.2 Å². The van der Waals surface area contributed by atoms with Crippen molar-refractivity contribution in [1.82, 2.24) is 9.62 Å². The number of carbonyl (C=O) groups is 1. The Kier molecular flexibility index (Phi) is 5.01. The number of nitrogens with zero attached hydrogens (tertiary/aromatic N) is 1. The van der Waals surface area contributed by atoms with E-state index >= 15 is 0 Å². The minimum atomic E-state index is -3.86. The van der Waals surface area contributed by atoms with Crippen molar-refractivity contribution < 1.29 is 13.2 Å². The van der Waals surface area contributed by atoms with Gasteiger partial charge in [0.15, 0.2) is 0 Å². The van der Waals surface area contributed by atoms with Crippen LogP contribution < -0.4 is 10.5 Å². The maximum absolute atomic E-state index is 12.2.